The minimum atomic E-state index is 0. The van der Waals surface area contributed by atoms with Crippen LogP contribution in [0.3, 0.4) is 0 Å². The molecule has 0 fully saturated rings. The van der Waals surface area contributed by atoms with Crippen LogP contribution in [0.15, 0.2) is 24.3 Å². The summed E-state index contributed by atoms with van der Waals surface area (Å²) in [4.78, 5) is 0. The molecule has 0 saturated carbocycles. The number of unbranched alkanes of at least 4 members (excludes halogenated alkanes) is 6. The Hall–Kier alpha value is 0.966. The van der Waals surface area contributed by atoms with Crippen LogP contribution in [0.2, 0.25) is 0 Å². The minimum absolute atomic E-state index is 0. The Kier molecular flexibility index (Phi) is 19.5. The third-order valence-electron chi connectivity index (χ3n) is 3.94. The first-order valence-electron chi connectivity index (χ1n) is 9.27. The van der Waals surface area contributed by atoms with Crippen LogP contribution < -0.4 is 56.1 Å². The molecule has 0 N–H and O–H groups in total. The molecule has 0 amide bonds. The first kappa shape index (κ1) is 25.0. The number of hydrogen-bond acceptors (Lipinski definition) is 3. The van der Waals surface area contributed by atoms with Gasteiger partial charge in [-0.1, -0.05) is 57.6 Å². The van der Waals surface area contributed by atoms with Gasteiger partial charge in [-0.25, -0.2) is 0 Å². The summed E-state index contributed by atoms with van der Waals surface area (Å²) in [6.07, 6.45) is 11.7. The van der Waals surface area contributed by atoms with Crippen LogP contribution in [0, 0.1) is 0 Å². The summed E-state index contributed by atoms with van der Waals surface area (Å²) in [6, 6.07) is 8.52. The van der Waals surface area contributed by atoms with Crippen molar-refractivity contribution < 1.29 is 62.3 Å². The van der Waals surface area contributed by atoms with E-state index in [0.717, 1.165) is 24.5 Å². The Labute approximate surface area is 198 Å². The Bertz CT molecular complexity index is 376. The van der Waals surface area contributed by atoms with Crippen molar-refractivity contribution in [2.45, 2.75) is 64.7 Å². The zero-order valence-corrected chi connectivity index (χ0v) is 19.8. The van der Waals surface area contributed by atoms with Crippen LogP contribution in [0.5, 0.6) is 5.75 Å². The van der Waals surface area contributed by atoms with E-state index >= 15 is 0 Å². The maximum atomic E-state index is 5.68. The Balaban J connectivity index is 0. The van der Waals surface area contributed by atoms with Crippen LogP contribution >= 0.6 is 12.6 Å². The van der Waals surface area contributed by atoms with E-state index in [2.05, 4.69) is 43.8 Å². The second kappa shape index (κ2) is 18.7. The van der Waals surface area contributed by atoms with Crippen molar-refractivity contribution >= 4 is 12.6 Å². The SMILES string of the molecule is CCCCCCCCCc1ccc(OCCOCCCS)cc1.[H-].[K+]. The summed E-state index contributed by atoms with van der Waals surface area (Å²) in [5, 5.41) is 0. The monoisotopic (exact) mass is 378 g/mol. The largest absolute Gasteiger partial charge is 1.00 e. The third kappa shape index (κ3) is 14.2. The molecule has 1 aromatic rings. The topological polar surface area (TPSA) is 18.5 Å². The molecule has 0 radical (unpaired) electrons. The molecular formula is C20H35KO2S. The van der Waals surface area contributed by atoms with E-state index in [0.29, 0.717) is 13.2 Å². The van der Waals surface area contributed by atoms with Crippen molar-refractivity contribution in [3.05, 3.63) is 29.8 Å². The first-order chi connectivity index (χ1) is 11.4. The number of aryl methyl sites for hydroxylation is 1. The fraction of sp³-hybridized carbons (Fsp3) is 0.700. The summed E-state index contributed by atoms with van der Waals surface area (Å²) in [6.45, 7) is 4.30. The van der Waals surface area contributed by atoms with E-state index in [1.165, 1.54) is 56.9 Å². The molecule has 0 saturated heterocycles. The fourth-order valence-corrected chi connectivity index (χ4v) is 2.65. The van der Waals surface area contributed by atoms with Crippen LogP contribution in [0.25, 0.3) is 0 Å². The molecule has 0 aromatic heterocycles. The quantitative estimate of drug-likeness (QED) is 0.287. The number of ether oxygens (including phenoxy) is 2. The molecule has 1 rings (SSSR count). The maximum Gasteiger partial charge on any atom is 1.00 e. The van der Waals surface area contributed by atoms with E-state index in [-0.39, 0.29) is 52.8 Å². The van der Waals surface area contributed by atoms with Gasteiger partial charge in [-0.05, 0) is 42.7 Å². The van der Waals surface area contributed by atoms with Gasteiger partial charge in [-0.2, -0.15) is 12.6 Å². The predicted octanol–water partition coefficient (Wildman–Crippen LogP) is 2.81. The molecule has 0 aliphatic rings. The van der Waals surface area contributed by atoms with Crippen LogP contribution in [0.4, 0.5) is 0 Å². The predicted molar refractivity (Wildman–Crippen MR) is 104 cm³/mol. The molecule has 0 atom stereocenters. The summed E-state index contributed by atoms with van der Waals surface area (Å²) in [7, 11) is 0. The van der Waals surface area contributed by atoms with E-state index < -0.39 is 0 Å². The summed E-state index contributed by atoms with van der Waals surface area (Å²) >= 11 is 4.15. The van der Waals surface area contributed by atoms with E-state index in [9.17, 15) is 0 Å². The van der Waals surface area contributed by atoms with Crippen LogP contribution in [-0.4, -0.2) is 25.6 Å². The van der Waals surface area contributed by atoms with Crippen molar-refractivity contribution in [2.75, 3.05) is 25.6 Å². The first-order valence-corrected chi connectivity index (χ1v) is 9.90. The van der Waals surface area contributed by atoms with Crippen molar-refractivity contribution in [1.82, 2.24) is 0 Å². The molecule has 0 bridgehead atoms. The van der Waals surface area contributed by atoms with Gasteiger partial charge in [0.2, 0.25) is 0 Å². The van der Waals surface area contributed by atoms with Crippen LogP contribution in [0.1, 0.15) is 65.3 Å². The molecule has 1 aromatic carbocycles. The number of benzene rings is 1. The van der Waals surface area contributed by atoms with Crippen molar-refractivity contribution in [1.29, 1.82) is 0 Å². The summed E-state index contributed by atoms with van der Waals surface area (Å²) < 4.78 is 11.1. The van der Waals surface area contributed by atoms with Crippen molar-refractivity contribution in [2.24, 2.45) is 0 Å². The van der Waals surface area contributed by atoms with Gasteiger partial charge in [0.1, 0.15) is 12.4 Å². The Morgan fingerprint density at radius 3 is 2.17 bits per heavy atom. The molecule has 0 spiro atoms. The Morgan fingerprint density at radius 2 is 1.50 bits per heavy atom. The van der Waals surface area contributed by atoms with Gasteiger partial charge in [0.05, 0.1) is 6.61 Å². The van der Waals surface area contributed by atoms with Crippen LogP contribution in [-0.2, 0) is 11.2 Å². The van der Waals surface area contributed by atoms with E-state index in [1.807, 2.05) is 0 Å². The molecule has 4 heteroatoms. The second-order valence-corrected chi connectivity index (χ2v) is 6.50. The smallest absolute Gasteiger partial charge is 1.00 e. The standard InChI is InChI=1S/C20H34O2S.K.H/c1-2-3-4-5-6-7-8-10-19-11-13-20(14-12-19)22-17-16-21-15-9-18-23;;/h11-14,23H,2-10,15-18H2,1H3;;/q;+1;-1. The molecule has 0 unspecified atom stereocenters. The molecule has 0 heterocycles. The van der Waals surface area contributed by atoms with Gasteiger partial charge >= 0.3 is 51.4 Å². The van der Waals surface area contributed by atoms with Gasteiger partial charge in [-0.3, -0.25) is 0 Å². The molecular weight excluding hydrogens is 343 g/mol. The summed E-state index contributed by atoms with van der Waals surface area (Å²) in [5.74, 6) is 1.81. The van der Waals surface area contributed by atoms with Gasteiger partial charge in [-0.15, -0.1) is 0 Å². The van der Waals surface area contributed by atoms with Gasteiger partial charge in [0, 0.05) is 6.61 Å². The molecule has 0 aliphatic heterocycles. The molecule has 0 aliphatic carbocycles. The number of rotatable bonds is 15. The van der Waals surface area contributed by atoms with E-state index in [1.54, 1.807) is 0 Å². The average molecular weight is 379 g/mol. The normalized spacial score (nSPS) is 10.4. The maximum absolute atomic E-state index is 5.68. The average Bonchev–Trinajstić information content (AvgIpc) is 2.58. The van der Waals surface area contributed by atoms with E-state index in [4.69, 9.17) is 9.47 Å². The molecule has 24 heavy (non-hydrogen) atoms. The fourth-order valence-electron chi connectivity index (χ4n) is 2.53. The molecule has 134 valence electrons. The molecule has 2 nitrogen and oxygen atoms in total. The Morgan fingerprint density at radius 1 is 0.833 bits per heavy atom. The second-order valence-electron chi connectivity index (χ2n) is 6.05. The van der Waals surface area contributed by atoms with Gasteiger partial charge < -0.3 is 10.9 Å². The minimum Gasteiger partial charge on any atom is -1.00 e. The zero-order chi connectivity index (χ0) is 16.6. The van der Waals surface area contributed by atoms with Gasteiger partial charge in [0.25, 0.3) is 0 Å². The summed E-state index contributed by atoms with van der Waals surface area (Å²) in [5.41, 5.74) is 1.41. The van der Waals surface area contributed by atoms with Crippen molar-refractivity contribution in [3.8, 4) is 5.75 Å². The zero-order valence-electron chi connectivity index (χ0n) is 16.8. The third-order valence-corrected chi connectivity index (χ3v) is 4.25. The number of thiol groups is 1. The van der Waals surface area contributed by atoms with Crippen molar-refractivity contribution in [3.63, 3.8) is 0 Å². The van der Waals surface area contributed by atoms with Gasteiger partial charge in [0.15, 0.2) is 0 Å². The number of hydrogen-bond donors (Lipinski definition) is 1.